The summed E-state index contributed by atoms with van der Waals surface area (Å²) in [5, 5.41) is 4.00. The van der Waals surface area contributed by atoms with Crippen LogP contribution in [0, 0.1) is 0 Å². The van der Waals surface area contributed by atoms with E-state index in [-0.39, 0.29) is 5.91 Å². The Morgan fingerprint density at radius 2 is 1.88 bits per heavy atom. The van der Waals surface area contributed by atoms with Crippen molar-refractivity contribution in [3.8, 4) is 5.75 Å². The van der Waals surface area contributed by atoms with Crippen LogP contribution >= 0.6 is 15.9 Å². The van der Waals surface area contributed by atoms with Gasteiger partial charge < -0.3 is 4.74 Å². The molecular formula is C20H23BrN2O2. The molecule has 0 aliphatic carbocycles. The predicted molar refractivity (Wildman–Crippen MR) is 105 cm³/mol. The molecule has 1 amide bonds. The van der Waals surface area contributed by atoms with Gasteiger partial charge in [0.05, 0.1) is 18.4 Å². The van der Waals surface area contributed by atoms with Gasteiger partial charge in [-0.3, -0.25) is 4.79 Å². The molecular weight excluding hydrogens is 380 g/mol. The molecule has 0 saturated heterocycles. The second kappa shape index (κ2) is 10.7. The molecule has 0 spiro atoms. The van der Waals surface area contributed by atoms with Crippen molar-refractivity contribution >= 4 is 28.1 Å². The number of carbonyl (C=O) groups excluding carboxylic acids is 1. The fourth-order valence-corrected chi connectivity index (χ4v) is 2.70. The molecule has 4 nitrogen and oxygen atoms in total. The fourth-order valence-electron chi connectivity index (χ4n) is 2.24. The van der Waals surface area contributed by atoms with E-state index in [1.54, 1.807) is 12.3 Å². The summed E-state index contributed by atoms with van der Waals surface area (Å²) >= 11 is 3.35. The van der Waals surface area contributed by atoms with Crippen molar-refractivity contribution in [3.05, 3.63) is 64.1 Å². The van der Waals surface area contributed by atoms with Crippen molar-refractivity contribution in [2.75, 3.05) is 6.61 Å². The van der Waals surface area contributed by atoms with Crippen molar-refractivity contribution in [1.29, 1.82) is 0 Å². The second-order valence-corrected chi connectivity index (χ2v) is 6.51. The lowest BCUT2D eigenvalue weighted by atomic mass is 10.2. The number of unbranched alkanes of at least 4 members (excludes halogenated alkanes) is 3. The number of hydrogen-bond donors (Lipinski definition) is 1. The van der Waals surface area contributed by atoms with Gasteiger partial charge in [0.15, 0.2) is 0 Å². The van der Waals surface area contributed by atoms with Gasteiger partial charge >= 0.3 is 0 Å². The number of carbonyl (C=O) groups is 1. The lowest BCUT2D eigenvalue weighted by molar-refractivity contribution is 0.0954. The van der Waals surface area contributed by atoms with Crippen LogP contribution in [-0.2, 0) is 0 Å². The second-order valence-electron chi connectivity index (χ2n) is 5.66. The van der Waals surface area contributed by atoms with Gasteiger partial charge in [-0.05, 0) is 64.3 Å². The van der Waals surface area contributed by atoms with E-state index in [0.29, 0.717) is 5.56 Å². The molecule has 2 aromatic carbocycles. The molecule has 0 fully saturated rings. The smallest absolute Gasteiger partial charge is 0.272 e. The van der Waals surface area contributed by atoms with E-state index in [0.717, 1.165) is 28.8 Å². The molecule has 0 aliphatic heterocycles. The molecule has 0 unspecified atom stereocenters. The minimum atomic E-state index is -0.254. The van der Waals surface area contributed by atoms with E-state index in [1.807, 2.05) is 42.5 Å². The number of amides is 1. The van der Waals surface area contributed by atoms with Crippen molar-refractivity contribution in [2.24, 2.45) is 5.10 Å². The number of hydrazone groups is 1. The maximum atomic E-state index is 12.0. The van der Waals surface area contributed by atoms with E-state index < -0.39 is 0 Å². The van der Waals surface area contributed by atoms with Gasteiger partial charge in [0.2, 0.25) is 0 Å². The van der Waals surface area contributed by atoms with Crippen molar-refractivity contribution in [2.45, 2.75) is 32.6 Å². The maximum Gasteiger partial charge on any atom is 0.272 e. The average Bonchev–Trinajstić information content (AvgIpc) is 2.63. The highest BCUT2D eigenvalue weighted by molar-refractivity contribution is 9.10. The Kier molecular flexibility index (Phi) is 8.19. The Bertz CT molecular complexity index is 699. The van der Waals surface area contributed by atoms with Crippen LogP contribution in [0.1, 0.15) is 48.5 Å². The summed E-state index contributed by atoms with van der Waals surface area (Å²) in [5.41, 5.74) is 3.97. The average molecular weight is 403 g/mol. The first-order valence-corrected chi connectivity index (χ1v) is 9.31. The number of rotatable bonds is 9. The highest BCUT2D eigenvalue weighted by Crippen LogP contribution is 2.15. The molecule has 0 radical (unpaired) electrons. The van der Waals surface area contributed by atoms with Gasteiger partial charge in [0.1, 0.15) is 5.75 Å². The largest absolute Gasteiger partial charge is 0.494 e. The maximum absolute atomic E-state index is 12.0. The Morgan fingerprint density at radius 1 is 1.12 bits per heavy atom. The Labute approximate surface area is 157 Å². The molecule has 2 aromatic rings. The van der Waals surface area contributed by atoms with Gasteiger partial charge in [0.25, 0.3) is 5.91 Å². The van der Waals surface area contributed by atoms with Crippen molar-refractivity contribution in [3.63, 3.8) is 0 Å². The normalized spacial score (nSPS) is 10.8. The number of ether oxygens (including phenoxy) is 1. The predicted octanol–water partition coefficient (Wildman–Crippen LogP) is 5.17. The highest BCUT2D eigenvalue weighted by Gasteiger charge is 2.07. The van der Waals surface area contributed by atoms with Gasteiger partial charge in [-0.1, -0.05) is 38.3 Å². The summed E-state index contributed by atoms with van der Waals surface area (Å²) in [6.07, 6.45) is 6.38. The summed E-state index contributed by atoms with van der Waals surface area (Å²) in [4.78, 5) is 12.0. The zero-order valence-electron chi connectivity index (χ0n) is 14.4. The van der Waals surface area contributed by atoms with Crippen LogP contribution in [0.5, 0.6) is 5.75 Å². The van der Waals surface area contributed by atoms with E-state index in [9.17, 15) is 4.79 Å². The van der Waals surface area contributed by atoms with Gasteiger partial charge in [-0.15, -0.1) is 0 Å². The summed E-state index contributed by atoms with van der Waals surface area (Å²) in [7, 11) is 0. The molecule has 0 bridgehead atoms. The van der Waals surface area contributed by atoms with Crippen LogP contribution in [-0.4, -0.2) is 18.7 Å². The standard InChI is InChI=1S/C20H23BrN2O2/c1-2-3-4-7-14-25-17-12-10-16(11-13-17)15-22-23-20(24)18-8-5-6-9-19(18)21/h5-6,8-13,15H,2-4,7,14H2,1H3,(H,23,24)/b22-15-. The Morgan fingerprint density at radius 3 is 2.60 bits per heavy atom. The van der Waals surface area contributed by atoms with Gasteiger partial charge in [-0.25, -0.2) is 5.43 Å². The molecule has 2 rings (SSSR count). The third-order valence-corrected chi connectivity index (χ3v) is 4.34. The lowest BCUT2D eigenvalue weighted by Crippen LogP contribution is -2.18. The van der Waals surface area contributed by atoms with Crippen LogP contribution in [0.15, 0.2) is 58.1 Å². The van der Waals surface area contributed by atoms with Crippen LogP contribution in [0.4, 0.5) is 0 Å². The van der Waals surface area contributed by atoms with Crippen LogP contribution in [0.3, 0.4) is 0 Å². The lowest BCUT2D eigenvalue weighted by Gasteiger charge is -2.06. The number of halogens is 1. The summed E-state index contributed by atoms with van der Waals surface area (Å²) < 4.78 is 6.44. The van der Waals surface area contributed by atoms with E-state index in [2.05, 4.69) is 33.4 Å². The molecule has 0 aromatic heterocycles. The molecule has 0 aliphatic rings. The molecule has 0 heterocycles. The number of nitrogens with one attached hydrogen (secondary N) is 1. The minimum absolute atomic E-state index is 0.254. The molecule has 5 heteroatoms. The molecule has 1 N–H and O–H groups in total. The van der Waals surface area contributed by atoms with E-state index in [1.165, 1.54) is 19.3 Å². The van der Waals surface area contributed by atoms with Crippen LogP contribution in [0.25, 0.3) is 0 Å². The van der Waals surface area contributed by atoms with Crippen LogP contribution < -0.4 is 10.2 Å². The molecule has 25 heavy (non-hydrogen) atoms. The topological polar surface area (TPSA) is 50.7 Å². The third kappa shape index (κ3) is 6.70. The SMILES string of the molecule is CCCCCCOc1ccc(/C=N\NC(=O)c2ccccc2Br)cc1. The monoisotopic (exact) mass is 402 g/mol. The highest BCUT2D eigenvalue weighted by atomic mass is 79.9. The number of nitrogens with zero attached hydrogens (tertiary/aromatic N) is 1. The fraction of sp³-hybridized carbons (Fsp3) is 0.300. The van der Waals surface area contributed by atoms with E-state index in [4.69, 9.17) is 4.74 Å². The summed E-state index contributed by atoms with van der Waals surface area (Å²) in [5.74, 6) is 0.599. The zero-order valence-corrected chi connectivity index (χ0v) is 16.0. The minimum Gasteiger partial charge on any atom is -0.494 e. The summed E-state index contributed by atoms with van der Waals surface area (Å²) in [6, 6.07) is 14.9. The molecule has 0 saturated carbocycles. The number of hydrogen-bond acceptors (Lipinski definition) is 3. The molecule has 132 valence electrons. The first-order valence-electron chi connectivity index (χ1n) is 8.51. The first kappa shape index (κ1) is 19.2. The Hall–Kier alpha value is -2.14. The molecule has 0 atom stereocenters. The quantitative estimate of drug-likeness (QED) is 0.357. The van der Waals surface area contributed by atoms with E-state index >= 15 is 0 Å². The third-order valence-electron chi connectivity index (χ3n) is 3.64. The summed E-state index contributed by atoms with van der Waals surface area (Å²) in [6.45, 7) is 2.94. The Balaban J connectivity index is 1.79. The van der Waals surface area contributed by atoms with Crippen molar-refractivity contribution < 1.29 is 9.53 Å². The van der Waals surface area contributed by atoms with Crippen molar-refractivity contribution in [1.82, 2.24) is 5.43 Å². The van der Waals surface area contributed by atoms with Gasteiger partial charge in [0, 0.05) is 4.47 Å². The number of benzene rings is 2. The first-order chi connectivity index (χ1) is 12.2. The van der Waals surface area contributed by atoms with Crippen LogP contribution in [0.2, 0.25) is 0 Å². The zero-order chi connectivity index (χ0) is 17.9. The van der Waals surface area contributed by atoms with Gasteiger partial charge in [-0.2, -0.15) is 5.10 Å².